The van der Waals surface area contributed by atoms with Crippen molar-refractivity contribution in [2.75, 3.05) is 6.54 Å². The molecule has 0 unspecified atom stereocenters. The molecule has 0 aliphatic rings. The molecule has 0 heterocycles. The Labute approximate surface area is 106 Å². The quantitative estimate of drug-likeness (QED) is 0.561. The van der Waals surface area contributed by atoms with E-state index in [1.165, 1.54) is 4.90 Å². The lowest BCUT2D eigenvalue weighted by Gasteiger charge is -2.19. The van der Waals surface area contributed by atoms with E-state index < -0.39 is 0 Å². The van der Waals surface area contributed by atoms with E-state index in [4.69, 9.17) is 28.5 Å². The zero-order valence-electron chi connectivity index (χ0n) is 9.65. The van der Waals surface area contributed by atoms with Gasteiger partial charge < -0.3 is 11.5 Å². The second-order valence-corrected chi connectivity index (χ2v) is 3.80. The molecule has 6 heteroatoms. The van der Waals surface area contributed by atoms with E-state index in [0.717, 1.165) is 5.56 Å². The number of nitrogens with one attached hydrogen (secondary N) is 1. The normalized spacial score (nSPS) is 11.3. The van der Waals surface area contributed by atoms with Crippen molar-refractivity contribution in [1.82, 2.24) is 4.90 Å². The molecule has 0 amide bonds. The monoisotopic (exact) mass is 253 g/mol. The van der Waals surface area contributed by atoms with Gasteiger partial charge in [-0.05, 0) is 18.6 Å². The third-order valence-electron chi connectivity index (χ3n) is 2.25. The van der Waals surface area contributed by atoms with Gasteiger partial charge in [0.25, 0.3) is 0 Å². The van der Waals surface area contributed by atoms with Crippen LogP contribution >= 0.6 is 11.6 Å². The predicted octanol–water partition coefficient (Wildman–Crippen LogP) is 1.37. The summed E-state index contributed by atoms with van der Waals surface area (Å²) >= 11 is 5.99. The zero-order chi connectivity index (χ0) is 12.8. The summed E-state index contributed by atoms with van der Waals surface area (Å²) in [4.78, 5) is 5.58. The molecule has 0 bridgehead atoms. The number of nitrogens with zero attached hydrogens (tertiary/aromatic N) is 2. The van der Waals surface area contributed by atoms with Crippen molar-refractivity contribution in [3.8, 4) is 0 Å². The van der Waals surface area contributed by atoms with Crippen LogP contribution in [0.1, 0.15) is 12.5 Å². The Bertz CT molecular complexity index is 430. The van der Waals surface area contributed by atoms with Crippen LogP contribution < -0.4 is 11.5 Å². The van der Waals surface area contributed by atoms with Gasteiger partial charge >= 0.3 is 0 Å². The molecular formula is C11H16ClN5. The Hall–Kier alpha value is -1.75. The number of rotatable bonds is 3. The number of benzene rings is 1. The lowest BCUT2D eigenvalue weighted by atomic mass is 10.2. The van der Waals surface area contributed by atoms with Crippen LogP contribution in [-0.2, 0) is 6.54 Å². The molecule has 0 aliphatic carbocycles. The molecule has 5 N–H and O–H groups in total. The van der Waals surface area contributed by atoms with Crippen molar-refractivity contribution in [3.05, 3.63) is 34.9 Å². The minimum Gasteiger partial charge on any atom is -0.370 e. The maximum Gasteiger partial charge on any atom is 0.198 e. The fourth-order valence-corrected chi connectivity index (χ4v) is 1.53. The van der Waals surface area contributed by atoms with Gasteiger partial charge in [-0.15, -0.1) is 0 Å². The SMILES string of the molecule is CCN(C(=N)N)C(N)=NCc1ccccc1Cl. The van der Waals surface area contributed by atoms with E-state index in [2.05, 4.69) is 4.99 Å². The van der Waals surface area contributed by atoms with Crippen LogP contribution in [0, 0.1) is 5.41 Å². The van der Waals surface area contributed by atoms with Gasteiger partial charge in [0.1, 0.15) is 0 Å². The molecule has 1 aromatic carbocycles. The zero-order valence-corrected chi connectivity index (χ0v) is 10.4. The van der Waals surface area contributed by atoms with Gasteiger partial charge in [0.05, 0.1) is 6.54 Å². The highest BCUT2D eigenvalue weighted by Gasteiger charge is 2.08. The molecule has 0 saturated heterocycles. The molecular weight excluding hydrogens is 238 g/mol. The first-order valence-corrected chi connectivity index (χ1v) is 5.59. The number of halogens is 1. The summed E-state index contributed by atoms with van der Waals surface area (Å²) in [5.74, 6) is 0.104. The topological polar surface area (TPSA) is 91.5 Å². The molecule has 0 spiro atoms. The van der Waals surface area contributed by atoms with E-state index in [9.17, 15) is 0 Å². The van der Waals surface area contributed by atoms with Crippen molar-refractivity contribution < 1.29 is 0 Å². The van der Waals surface area contributed by atoms with Crippen LogP contribution in [-0.4, -0.2) is 23.4 Å². The highest BCUT2D eigenvalue weighted by molar-refractivity contribution is 6.31. The van der Waals surface area contributed by atoms with Crippen molar-refractivity contribution >= 4 is 23.5 Å². The maximum atomic E-state index is 7.32. The Morgan fingerprint density at radius 1 is 1.41 bits per heavy atom. The highest BCUT2D eigenvalue weighted by Crippen LogP contribution is 2.15. The Balaban J connectivity index is 2.77. The van der Waals surface area contributed by atoms with Gasteiger partial charge in [-0.2, -0.15) is 0 Å². The maximum absolute atomic E-state index is 7.32. The van der Waals surface area contributed by atoms with E-state index >= 15 is 0 Å². The van der Waals surface area contributed by atoms with Gasteiger partial charge in [-0.25, -0.2) is 4.99 Å². The molecule has 1 aromatic rings. The Morgan fingerprint density at radius 3 is 2.59 bits per heavy atom. The van der Waals surface area contributed by atoms with E-state index in [0.29, 0.717) is 18.1 Å². The summed E-state index contributed by atoms with van der Waals surface area (Å²) < 4.78 is 0. The Kier molecular flexibility index (Phi) is 4.78. The van der Waals surface area contributed by atoms with Crippen LogP contribution in [0.4, 0.5) is 0 Å². The molecule has 0 radical (unpaired) electrons. The third-order valence-corrected chi connectivity index (χ3v) is 2.62. The van der Waals surface area contributed by atoms with E-state index in [1.807, 2.05) is 25.1 Å². The number of guanidine groups is 2. The van der Waals surface area contributed by atoms with Gasteiger partial charge in [0, 0.05) is 11.6 Å². The molecule has 1 rings (SSSR count). The summed E-state index contributed by atoms with van der Waals surface area (Å²) in [7, 11) is 0. The standard InChI is InChI=1S/C11H16ClN5/c1-2-17(10(13)14)11(15)16-7-8-5-3-4-6-9(8)12/h3-6H,2,7H2,1H3,(H3,13,14)(H2,15,16). The second kappa shape index (κ2) is 6.10. The average molecular weight is 254 g/mol. The van der Waals surface area contributed by atoms with Crippen LogP contribution in [0.2, 0.25) is 5.02 Å². The lowest BCUT2D eigenvalue weighted by molar-refractivity contribution is 0.618. The summed E-state index contributed by atoms with van der Waals surface area (Å²) in [5.41, 5.74) is 12.0. The number of aliphatic imine (C=N–C) groups is 1. The molecule has 92 valence electrons. The minimum atomic E-state index is -0.118. The van der Waals surface area contributed by atoms with Crippen molar-refractivity contribution in [1.29, 1.82) is 5.41 Å². The van der Waals surface area contributed by atoms with Crippen molar-refractivity contribution in [3.63, 3.8) is 0 Å². The molecule has 5 nitrogen and oxygen atoms in total. The van der Waals surface area contributed by atoms with Gasteiger partial charge in [0.2, 0.25) is 0 Å². The van der Waals surface area contributed by atoms with E-state index in [1.54, 1.807) is 6.07 Å². The van der Waals surface area contributed by atoms with Gasteiger partial charge in [-0.3, -0.25) is 10.3 Å². The molecule has 17 heavy (non-hydrogen) atoms. The first kappa shape index (κ1) is 13.3. The summed E-state index contributed by atoms with van der Waals surface area (Å²) in [6, 6.07) is 7.41. The second-order valence-electron chi connectivity index (χ2n) is 3.40. The van der Waals surface area contributed by atoms with Crippen molar-refractivity contribution in [2.24, 2.45) is 16.5 Å². The number of hydrogen-bond acceptors (Lipinski definition) is 2. The Morgan fingerprint density at radius 2 is 2.06 bits per heavy atom. The fraction of sp³-hybridized carbons (Fsp3) is 0.273. The molecule has 0 aromatic heterocycles. The van der Waals surface area contributed by atoms with Crippen LogP contribution in [0.3, 0.4) is 0 Å². The van der Waals surface area contributed by atoms with Gasteiger partial charge in [0.15, 0.2) is 11.9 Å². The molecule has 0 fully saturated rings. The molecule has 0 saturated carbocycles. The van der Waals surface area contributed by atoms with Crippen molar-refractivity contribution in [2.45, 2.75) is 13.5 Å². The molecule has 0 aliphatic heterocycles. The number of hydrogen-bond donors (Lipinski definition) is 3. The van der Waals surface area contributed by atoms with Crippen LogP contribution in [0.15, 0.2) is 29.3 Å². The smallest absolute Gasteiger partial charge is 0.198 e. The van der Waals surface area contributed by atoms with Gasteiger partial charge in [-0.1, -0.05) is 29.8 Å². The summed E-state index contributed by atoms with van der Waals surface area (Å²) in [5, 5.41) is 7.97. The van der Waals surface area contributed by atoms with E-state index in [-0.39, 0.29) is 11.9 Å². The first-order chi connectivity index (χ1) is 8.06. The predicted molar refractivity (Wildman–Crippen MR) is 71.1 cm³/mol. The summed E-state index contributed by atoms with van der Waals surface area (Å²) in [6.45, 7) is 2.72. The van der Waals surface area contributed by atoms with Crippen LogP contribution in [0.25, 0.3) is 0 Å². The summed E-state index contributed by atoms with van der Waals surface area (Å²) in [6.07, 6.45) is 0. The fourth-order valence-electron chi connectivity index (χ4n) is 1.33. The highest BCUT2D eigenvalue weighted by atomic mass is 35.5. The third kappa shape index (κ3) is 3.64. The average Bonchev–Trinajstić information content (AvgIpc) is 2.28. The lowest BCUT2D eigenvalue weighted by Crippen LogP contribution is -2.45. The molecule has 0 atom stereocenters. The van der Waals surface area contributed by atoms with Crippen LogP contribution in [0.5, 0.6) is 0 Å². The number of nitrogens with two attached hydrogens (primary N) is 2. The minimum absolute atomic E-state index is 0.118. The largest absolute Gasteiger partial charge is 0.370 e. The first-order valence-electron chi connectivity index (χ1n) is 5.21.